The third-order valence-electron chi connectivity index (χ3n) is 1.99. The Bertz CT molecular complexity index is 585. The Morgan fingerprint density at radius 1 is 1.10 bits per heavy atom. The number of para-hydroxylation sites is 1. The predicted molar refractivity (Wildman–Crippen MR) is 73.4 cm³/mol. The highest BCUT2D eigenvalue weighted by molar-refractivity contribution is 5.85. The van der Waals surface area contributed by atoms with Gasteiger partial charge in [0.05, 0.1) is 0 Å². The molecule has 20 heavy (non-hydrogen) atoms. The van der Waals surface area contributed by atoms with Crippen molar-refractivity contribution >= 4 is 17.8 Å². The van der Waals surface area contributed by atoms with Crippen molar-refractivity contribution < 1.29 is 19.4 Å². The van der Waals surface area contributed by atoms with E-state index in [0.717, 1.165) is 0 Å². The largest absolute Gasteiger partial charge is 0.477 e. The van der Waals surface area contributed by atoms with Crippen LogP contribution < -0.4 is 10.5 Å². The zero-order chi connectivity index (χ0) is 15.0. The maximum absolute atomic E-state index is 10.4. The summed E-state index contributed by atoms with van der Waals surface area (Å²) in [6.07, 6.45) is 0. The molecule has 0 atom stereocenters. The van der Waals surface area contributed by atoms with Gasteiger partial charge in [-0.2, -0.15) is 0 Å². The van der Waals surface area contributed by atoms with Gasteiger partial charge in [-0.05, 0) is 24.3 Å². The van der Waals surface area contributed by atoms with Crippen molar-refractivity contribution in [3.05, 3.63) is 54.2 Å². The van der Waals surface area contributed by atoms with Crippen LogP contribution in [0.5, 0.6) is 5.75 Å². The Kier molecular flexibility index (Phi) is 5.71. The van der Waals surface area contributed by atoms with Crippen LogP contribution in [0.4, 0.5) is 5.82 Å². The molecule has 6 nitrogen and oxygen atoms in total. The fourth-order valence-corrected chi connectivity index (χ4v) is 1.23. The minimum atomic E-state index is -1.06. The molecular formula is C14H14N2O4. The smallest absolute Gasteiger partial charge is 0.354 e. The van der Waals surface area contributed by atoms with Crippen molar-refractivity contribution in [3.63, 3.8) is 0 Å². The Morgan fingerprint density at radius 2 is 1.75 bits per heavy atom. The monoisotopic (exact) mass is 274 g/mol. The number of carboxylic acid groups (broad SMARTS) is 1. The quantitative estimate of drug-likeness (QED) is 0.641. The number of benzene rings is 1. The molecular weight excluding hydrogens is 260 g/mol. The first-order chi connectivity index (χ1) is 9.49. The number of carboxylic acids is 1. The number of aromatic carboxylic acids is 1. The summed E-state index contributed by atoms with van der Waals surface area (Å²) in [6, 6.07) is 13.4. The second kappa shape index (κ2) is 7.52. The summed E-state index contributed by atoms with van der Waals surface area (Å²) in [5, 5.41) is 8.39. The summed E-state index contributed by atoms with van der Waals surface area (Å²) in [7, 11) is 0. The van der Waals surface area contributed by atoms with E-state index >= 15 is 0 Å². The summed E-state index contributed by atoms with van der Waals surface area (Å²) >= 11 is 0. The highest BCUT2D eigenvalue weighted by atomic mass is 16.5. The van der Waals surface area contributed by atoms with Gasteiger partial charge in [-0.25, -0.2) is 9.78 Å². The highest BCUT2D eigenvalue weighted by Crippen LogP contribution is 2.07. The van der Waals surface area contributed by atoms with E-state index in [0.29, 0.717) is 5.75 Å². The lowest BCUT2D eigenvalue weighted by atomic mass is 10.3. The minimum Gasteiger partial charge on any atom is -0.477 e. The van der Waals surface area contributed by atoms with E-state index in [4.69, 9.17) is 15.6 Å². The lowest BCUT2D eigenvalue weighted by Gasteiger charge is -1.97. The van der Waals surface area contributed by atoms with Crippen LogP contribution in [-0.2, 0) is 4.79 Å². The van der Waals surface area contributed by atoms with Gasteiger partial charge in [-0.15, -0.1) is 0 Å². The van der Waals surface area contributed by atoms with Gasteiger partial charge in [0.2, 0.25) is 0 Å². The number of ether oxygens (including phenoxy) is 1. The van der Waals surface area contributed by atoms with E-state index in [1.165, 1.54) is 19.1 Å². The van der Waals surface area contributed by atoms with Crippen LogP contribution in [0.25, 0.3) is 0 Å². The van der Waals surface area contributed by atoms with Crippen molar-refractivity contribution in [1.29, 1.82) is 0 Å². The number of carbonyl (C=O) groups excluding carboxylic acids is 1. The maximum Gasteiger partial charge on any atom is 0.354 e. The number of nitrogens with zero attached hydrogens (tertiary/aromatic N) is 1. The fraction of sp³-hybridized carbons (Fsp3) is 0.0714. The molecule has 0 aliphatic heterocycles. The molecule has 1 heterocycles. The Balaban J connectivity index is 0.000000200. The normalized spacial score (nSPS) is 9.05. The van der Waals surface area contributed by atoms with Crippen LogP contribution >= 0.6 is 0 Å². The first-order valence-electron chi connectivity index (χ1n) is 5.68. The fourth-order valence-electron chi connectivity index (χ4n) is 1.23. The van der Waals surface area contributed by atoms with Gasteiger partial charge in [0.25, 0.3) is 0 Å². The number of nitrogen functional groups attached to an aromatic ring is 1. The van der Waals surface area contributed by atoms with E-state index < -0.39 is 5.97 Å². The topological polar surface area (TPSA) is 103 Å². The van der Waals surface area contributed by atoms with Crippen molar-refractivity contribution in [3.8, 4) is 5.75 Å². The van der Waals surface area contributed by atoms with Crippen LogP contribution in [0.15, 0.2) is 48.5 Å². The Hall–Kier alpha value is -2.89. The number of hydrogen-bond acceptors (Lipinski definition) is 5. The second-order valence-corrected chi connectivity index (χ2v) is 3.66. The zero-order valence-corrected chi connectivity index (χ0v) is 10.8. The molecule has 0 amide bonds. The molecule has 0 saturated heterocycles. The lowest BCUT2D eigenvalue weighted by Crippen LogP contribution is -2.01. The molecule has 2 aromatic rings. The van der Waals surface area contributed by atoms with Gasteiger partial charge < -0.3 is 15.6 Å². The van der Waals surface area contributed by atoms with Crippen molar-refractivity contribution in [2.75, 3.05) is 5.73 Å². The van der Waals surface area contributed by atoms with E-state index in [2.05, 4.69) is 4.98 Å². The molecule has 0 aliphatic carbocycles. The molecule has 0 fully saturated rings. The number of anilines is 1. The molecule has 0 saturated carbocycles. The number of pyridine rings is 1. The Morgan fingerprint density at radius 3 is 2.20 bits per heavy atom. The van der Waals surface area contributed by atoms with E-state index in [1.807, 2.05) is 18.2 Å². The van der Waals surface area contributed by atoms with E-state index in [1.54, 1.807) is 18.2 Å². The average Bonchev–Trinajstić information content (AvgIpc) is 2.40. The molecule has 0 bridgehead atoms. The standard InChI is InChI=1S/C8H8O2.C6H6N2O2/c1-7(9)10-8-5-3-2-4-6-8;7-5-3-1-2-4(8-5)6(9)10/h2-6H,1H3;1-3H,(H2,7,8)(H,9,10). The summed E-state index contributed by atoms with van der Waals surface area (Å²) < 4.78 is 4.78. The minimum absolute atomic E-state index is 0.0278. The van der Waals surface area contributed by atoms with Gasteiger partial charge in [0.1, 0.15) is 11.6 Å². The summed E-state index contributed by atoms with van der Waals surface area (Å²) in [4.78, 5) is 24.2. The molecule has 1 aromatic heterocycles. The van der Waals surface area contributed by atoms with Gasteiger partial charge in [-0.3, -0.25) is 4.79 Å². The number of carbonyl (C=O) groups is 2. The average molecular weight is 274 g/mol. The molecule has 6 heteroatoms. The number of aromatic nitrogens is 1. The first-order valence-corrected chi connectivity index (χ1v) is 5.68. The highest BCUT2D eigenvalue weighted by Gasteiger charge is 2.01. The van der Waals surface area contributed by atoms with Crippen LogP contribution in [0.2, 0.25) is 0 Å². The molecule has 0 aliphatic rings. The van der Waals surface area contributed by atoms with Crippen LogP contribution in [0, 0.1) is 0 Å². The number of hydrogen-bond donors (Lipinski definition) is 2. The summed E-state index contributed by atoms with van der Waals surface area (Å²) in [5.74, 6) is -0.534. The molecule has 2 rings (SSSR count). The number of nitrogens with two attached hydrogens (primary N) is 1. The first kappa shape index (κ1) is 15.2. The SMILES string of the molecule is CC(=O)Oc1ccccc1.Nc1cccc(C(=O)O)n1. The van der Waals surface area contributed by atoms with Crippen LogP contribution in [-0.4, -0.2) is 22.0 Å². The molecule has 104 valence electrons. The van der Waals surface area contributed by atoms with Crippen molar-refractivity contribution in [2.45, 2.75) is 6.92 Å². The molecule has 1 aromatic carbocycles. The van der Waals surface area contributed by atoms with Gasteiger partial charge >= 0.3 is 11.9 Å². The molecule has 3 N–H and O–H groups in total. The molecule has 0 spiro atoms. The molecule has 0 unspecified atom stereocenters. The lowest BCUT2D eigenvalue weighted by molar-refractivity contribution is -0.131. The zero-order valence-electron chi connectivity index (χ0n) is 10.8. The number of esters is 1. The molecule has 0 radical (unpaired) electrons. The van der Waals surface area contributed by atoms with Crippen molar-refractivity contribution in [1.82, 2.24) is 4.98 Å². The van der Waals surface area contributed by atoms with Crippen molar-refractivity contribution in [2.24, 2.45) is 0 Å². The van der Waals surface area contributed by atoms with Gasteiger partial charge in [0, 0.05) is 6.92 Å². The number of rotatable bonds is 2. The van der Waals surface area contributed by atoms with Crippen LogP contribution in [0.3, 0.4) is 0 Å². The Labute approximate surface area is 115 Å². The van der Waals surface area contributed by atoms with Crippen LogP contribution in [0.1, 0.15) is 17.4 Å². The predicted octanol–water partition coefficient (Wildman–Crippen LogP) is 1.97. The van der Waals surface area contributed by atoms with Gasteiger partial charge in [-0.1, -0.05) is 24.3 Å². The third kappa shape index (κ3) is 5.63. The van der Waals surface area contributed by atoms with Gasteiger partial charge in [0.15, 0.2) is 5.69 Å². The summed E-state index contributed by atoms with van der Waals surface area (Å²) in [5.41, 5.74) is 5.19. The van der Waals surface area contributed by atoms with E-state index in [-0.39, 0.29) is 17.5 Å². The maximum atomic E-state index is 10.4. The summed E-state index contributed by atoms with van der Waals surface area (Å²) in [6.45, 7) is 1.38. The second-order valence-electron chi connectivity index (χ2n) is 3.66. The van der Waals surface area contributed by atoms with E-state index in [9.17, 15) is 9.59 Å². The third-order valence-corrected chi connectivity index (χ3v) is 1.99.